The summed E-state index contributed by atoms with van der Waals surface area (Å²) in [4.78, 5) is 7.11. The number of ether oxygens (including phenoxy) is 1. The van der Waals surface area contributed by atoms with Crippen LogP contribution in [0, 0.1) is 3.57 Å². The molecule has 1 aromatic carbocycles. The van der Waals surface area contributed by atoms with Crippen LogP contribution in [0.4, 0.5) is 4.39 Å². The van der Waals surface area contributed by atoms with Crippen molar-refractivity contribution in [2.75, 3.05) is 13.3 Å². The molecule has 0 aliphatic heterocycles. The summed E-state index contributed by atoms with van der Waals surface area (Å²) < 4.78 is 18.0. The minimum Gasteiger partial charge on any atom is -0.462 e. The summed E-state index contributed by atoms with van der Waals surface area (Å²) in [5, 5.41) is 0. The second-order valence-electron chi connectivity index (χ2n) is 2.74. The van der Waals surface area contributed by atoms with Gasteiger partial charge in [0.1, 0.15) is 13.3 Å². The average Bonchev–Trinajstić information content (AvgIpc) is 2.56. The second kappa shape index (κ2) is 4.12. The van der Waals surface area contributed by atoms with Crippen LogP contribution in [0.1, 0.15) is 0 Å². The molecular formula is C9H8FIN2O. The monoisotopic (exact) mass is 306 g/mol. The third-order valence-electron chi connectivity index (χ3n) is 1.74. The smallest absolute Gasteiger partial charge is 0.294 e. The lowest BCUT2D eigenvalue weighted by Gasteiger charge is -1.95. The average molecular weight is 306 g/mol. The van der Waals surface area contributed by atoms with E-state index in [0.717, 1.165) is 14.6 Å². The topological polar surface area (TPSA) is 37.9 Å². The lowest BCUT2D eigenvalue weighted by atomic mass is 10.3. The standard InChI is InChI=1S/C9H8FIN2O/c10-3-4-14-9-12-7-2-1-6(11)5-8(7)13-9/h1-2,5H,3-4H2,(H,12,13). The zero-order chi connectivity index (χ0) is 9.97. The molecular weight excluding hydrogens is 298 g/mol. The van der Waals surface area contributed by atoms with Gasteiger partial charge in [-0.2, -0.15) is 4.98 Å². The van der Waals surface area contributed by atoms with Crippen molar-refractivity contribution in [3.05, 3.63) is 21.8 Å². The van der Waals surface area contributed by atoms with Crippen LogP contribution in [0.5, 0.6) is 6.01 Å². The van der Waals surface area contributed by atoms with E-state index in [0.29, 0.717) is 6.01 Å². The van der Waals surface area contributed by atoms with E-state index in [1.807, 2.05) is 18.2 Å². The van der Waals surface area contributed by atoms with Crippen molar-refractivity contribution in [2.45, 2.75) is 0 Å². The molecule has 0 aliphatic carbocycles. The molecule has 1 N–H and O–H groups in total. The number of nitrogens with one attached hydrogen (secondary N) is 1. The van der Waals surface area contributed by atoms with Crippen molar-refractivity contribution in [2.24, 2.45) is 0 Å². The van der Waals surface area contributed by atoms with Gasteiger partial charge in [-0.05, 0) is 40.8 Å². The molecule has 0 atom stereocenters. The number of hydrogen-bond donors (Lipinski definition) is 1. The van der Waals surface area contributed by atoms with Gasteiger partial charge in [0, 0.05) is 3.57 Å². The van der Waals surface area contributed by atoms with Crippen molar-refractivity contribution in [1.29, 1.82) is 0 Å². The normalized spacial score (nSPS) is 10.7. The van der Waals surface area contributed by atoms with Gasteiger partial charge in [-0.25, -0.2) is 4.39 Å². The van der Waals surface area contributed by atoms with Gasteiger partial charge in [-0.15, -0.1) is 0 Å². The van der Waals surface area contributed by atoms with Crippen LogP contribution in [0.15, 0.2) is 18.2 Å². The van der Waals surface area contributed by atoms with Gasteiger partial charge < -0.3 is 9.72 Å². The number of benzene rings is 1. The highest BCUT2D eigenvalue weighted by Gasteiger charge is 2.03. The molecule has 0 radical (unpaired) electrons. The number of hydrogen-bond acceptors (Lipinski definition) is 2. The SMILES string of the molecule is FCCOc1nc2ccc(I)cc2[nH]1. The summed E-state index contributed by atoms with van der Waals surface area (Å²) in [5.41, 5.74) is 1.74. The third-order valence-corrected chi connectivity index (χ3v) is 2.41. The Hall–Kier alpha value is -0.850. The van der Waals surface area contributed by atoms with E-state index in [1.165, 1.54) is 0 Å². The fourth-order valence-electron chi connectivity index (χ4n) is 1.16. The first-order chi connectivity index (χ1) is 6.79. The summed E-state index contributed by atoms with van der Waals surface area (Å²) >= 11 is 2.22. The molecule has 0 bridgehead atoms. The van der Waals surface area contributed by atoms with E-state index in [9.17, 15) is 4.39 Å². The summed E-state index contributed by atoms with van der Waals surface area (Å²) in [7, 11) is 0. The van der Waals surface area contributed by atoms with Crippen LogP contribution in [0.25, 0.3) is 11.0 Å². The van der Waals surface area contributed by atoms with E-state index in [2.05, 4.69) is 32.6 Å². The number of rotatable bonds is 3. The van der Waals surface area contributed by atoms with Crippen LogP contribution in [0.3, 0.4) is 0 Å². The number of aromatic amines is 1. The van der Waals surface area contributed by atoms with Crippen molar-refractivity contribution >= 4 is 33.6 Å². The van der Waals surface area contributed by atoms with Gasteiger partial charge in [0.05, 0.1) is 11.0 Å². The van der Waals surface area contributed by atoms with E-state index in [-0.39, 0.29) is 6.61 Å². The van der Waals surface area contributed by atoms with Crippen LogP contribution < -0.4 is 4.74 Å². The van der Waals surface area contributed by atoms with Crippen LogP contribution in [-0.4, -0.2) is 23.2 Å². The number of halogens is 2. The minimum absolute atomic E-state index is 0.0386. The first-order valence-corrected chi connectivity index (χ1v) is 5.21. The largest absolute Gasteiger partial charge is 0.462 e. The predicted molar refractivity (Wildman–Crippen MR) is 60.3 cm³/mol. The molecule has 0 spiro atoms. The number of fused-ring (bicyclic) bond motifs is 1. The highest BCUT2D eigenvalue weighted by molar-refractivity contribution is 14.1. The molecule has 0 fully saturated rings. The van der Waals surface area contributed by atoms with Gasteiger partial charge in [0.25, 0.3) is 6.01 Å². The molecule has 2 aromatic rings. The lowest BCUT2D eigenvalue weighted by Crippen LogP contribution is -1.99. The van der Waals surface area contributed by atoms with E-state index in [1.54, 1.807) is 0 Å². The maximum atomic E-state index is 11.8. The Kier molecular flexibility index (Phi) is 2.85. The Bertz CT molecular complexity index is 443. The van der Waals surface area contributed by atoms with E-state index in [4.69, 9.17) is 4.74 Å². The minimum atomic E-state index is -0.505. The Morgan fingerprint density at radius 2 is 2.36 bits per heavy atom. The third kappa shape index (κ3) is 1.97. The number of aromatic nitrogens is 2. The maximum Gasteiger partial charge on any atom is 0.294 e. The fraction of sp³-hybridized carbons (Fsp3) is 0.222. The Morgan fingerprint density at radius 1 is 1.50 bits per heavy atom. The summed E-state index contributed by atoms with van der Waals surface area (Å²) in [6.45, 7) is -0.467. The van der Waals surface area contributed by atoms with Crippen molar-refractivity contribution in [3.63, 3.8) is 0 Å². The highest BCUT2D eigenvalue weighted by atomic mass is 127. The Morgan fingerprint density at radius 3 is 3.14 bits per heavy atom. The van der Waals surface area contributed by atoms with E-state index >= 15 is 0 Å². The first-order valence-electron chi connectivity index (χ1n) is 4.13. The van der Waals surface area contributed by atoms with Crippen molar-refractivity contribution < 1.29 is 9.13 Å². The molecule has 2 rings (SSSR count). The second-order valence-corrected chi connectivity index (χ2v) is 3.99. The Labute approximate surface area is 93.8 Å². The molecule has 0 saturated carbocycles. The number of H-pyrrole nitrogens is 1. The van der Waals surface area contributed by atoms with Gasteiger partial charge >= 0.3 is 0 Å². The quantitative estimate of drug-likeness (QED) is 0.885. The van der Waals surface area contributed by atoms with Crippen LogP contribution >= 0.6 is 22.6 Å². The van der Waals surface area contributed by atoms with Gasteiger partial charge in [-0.1, -0.05) is 0 Å². The number of imidazole rings is 1. The molecule has 0 amide bonds. The molecule has 0 aliphatic rings. The van der Waals surface area contributed by atoms with Crippen molar-refractivity contribution in [3.8, 4) is 6.01 Å². The molecule has 3 nitrogen and oxygen atoms in total. The number of nitrogens with zero attached hydrogens (tertiary/aromatic N) is 1. The number of alkyl halides is 1. The molecule has 0 saturated heterocycles. The molecule has 1 aromatic heterocycles. The molecule has 1 heterocycles. The maximum absolute atomic E-state index is 11.8. The highest BCUT2D eigenvalue weighted by Crippen LogP contribution is 2.18. The zero-order valence-corrected chi connectivity index (χ0v) is 9.42. The lowest BCUT2D eigenvalue weighted by molar-refractivity contribution is 0.258. The van der Waals surface area contributed by atoms with Gasteiger partial charge in [0.15, 0.2) is 0 Å². The molecule has 0 unspecified atom stereocenters. The molecule has 5 heteroatoms. The Balaban J connectivity index is 2.32. The van der Waals surface area contributed by atoms with Gasteiger partial charge in [0.2, 0.25) is 0 Å². The molecule has 74 valence electrons. The first kappa shape index (κ1) is 9.70. The van der Waals surface area contributed by atoms with Crippen LogP contribution in [-0.2, 0) is 0 Å². The van der Waals surface area contributed by atoms with Crippen molar-refractivity contribution in [1.82, 2.24) is 9.97 Å². The summed E-state index contributed by atoms with van der Waals surface area (Å²) in [6.07, 6.45) is 0. The zero-order valence-electron chi connectivity index (χ0n) is 7.26. The van der Waals surface area contributed by atoms with E-state index < -0.39 is 6.67 Å². The molecule has 14 heavy (non-hydrogen) atoms. The fourth-order valence-corrected chi connectivity index (χ4v) is 1.65. The van der Waals surface area contributed by atoms with Crippen LogP contribution in [0.2, 0.25) is 0 Å². The summed E-state index contributed by atoms with van der Waals surface area (Å²) in [5.74, 6) is 0. The summed E-state index contributed by atoms with van der Waals surface area (Å²) in [6, 6.07) is 6.20. The van der Waals surface area contributed by atoms with Gasteiger partial charge in [-0.3, -0.25) is 0 Å². The predicted octanol–water partition coefficient (Wildman–Crippen LogP) is 2.52.